The summed E-state index contributed by atoms with van der Waals surface area (Å²) in [4.78, 5) is 3.63. The Kier molecular flexibility index (Phi) is 7.39. The molecule has 4 rings (SSSR count). The quantitative estimate of drug-likeness (QED) is 0.317. The van der Waals surface area contributed by atoms with Crippen molar-refractivity contribution < 1.29 is 14.6 Å². The van der Waals surface area contributed by atoms with Crippen molar-refractivity contribution in [2.75, 3.05) is 25.6 Å². The molecule has 174 valence electrons. The van der Waals surface area contributed by atoms with Crippen LogP contribution in [-0.2, 0) is 16.1 Å². The van der Waals surface area contributed by atoms with Crippen LogP contribution < -0.4 is 5.32 Å². The van der Waals surface area contributed by atoms with Gasteiger partial charge in [-0.25, -0.2) is 0 Å². The van der Waals surface area contributed by atoms with Crippen LogP contribution >= 0.6 is 0 Å². The molecule has 5 heteroatoms. The molecule has 0 unspecified atom stereocenters. The lowest BCUT2D eigenvalue weighted by Crippen LogP contribution is -2.15. The van der Waals surface area contributed by atoms with Gasteiger partial charge in [-0.05, 0) is 68.1 Å². The SMILES string of the molecule is COCCOCc1cc(NC2CCCC2)c2[nH]c(-c3ccc(C#CC(C)(C)O)cc3)cc2c1. The van der Waals surface area contributed by atoms with Gasteiger partial charge in [-0.2, -0.15) is 0 Å². The van der Waals surface area contributed by atoms with Gasteiger partial charge in [0.25, 0.3) is 0 Å². The fourth-order valence-corrected chi connectivity index (χ4v) is 4.24. The zero-order chi connectivity index (χ0) is 23.3. The van der Waals surface area contributed by atoms with E-state index >= 15 is 0 Å². The third-order valence-corrected chi connectivity index (χ3v) is 5.91. The van der Waals surface area contributed by atoms with E-state index in [0.717, 1.165) is 33.6 Å². The molecular formula is C28H34N2O3. The number of anilines is 1. The molecule has 33 heavy (non-hydrogen) atoms. The van der Waals surface area contributed by atoms with Gasteiger partial charge >= 0.3 is 0 Å². The van der Waals surface area contributed by atoms with Crippen molar-refractivity contribution in [2.45, 2.75) is 57.8 Å². The van der Waals surface area contributed by atoms with Gasteiger partial charge in [0.2, 0.25) is 0 Å². The van der Waals surface area contributed by atoms with Crippen molar-refractivity contribution >= 4 is 16.6 Å². The molecule has 0 amide bonds. The Bertz CT molecular complexity index is 1120. The highest BCUT2D eigenvalue weighted by Crippen LogP contribution is 2.33. The molecule has 0 bridgehead atoms. The average molecular weight is 447 g/mol. The lowest BCUT2D eigenvalue weighted by Gasteiger charge is -2.16. The maximum atomic E-state index is 9.82. The summed E-state index contributed by atoms with van der Waals surface area (Å²) in [5.74, 6) is 5.89. The molecule has 1 aromatic heterocycles. The summed E-state index contributed by atoms with van der Waals surface area (Å²) >= 11 is 0. The molecule has 1 aliphatic rings. The van der Waals surface area contributed by atoms with E-state index in [-0.39, 0.29) is 0 Å². The summed E-state index contributed by atoms with van der Waals surface area (Å²) in [6, 6.07) is 15.3. The first kappa shape index (κ1) is 23.4. The van der Waals surface area contributed by atoms with Crippen LogP contribution in [0.4, 0.5) is 5.69 Å². The Hall–Kier alpha value is -2.78. The fourth-order valence-electron chi connectivity index (χ4n) is 4.24. The second kappa shape index (κ2) is 10.4. The number of rotatable bonds is 8. The average Bonchev–Trinajstić information content (AvgIpc) is 3.45. The van der Waals surface area contributed by atoms with E-state index in [4.69, 9.17) is 9.47 Å². The number of benzene rings is 2. The van der Waals surface area contributed by atoms with E-state index < -0.39 is 5.60 Å². The van der Waals surface area contributed by atoms with Gasteiger partial charge in [-0.15, -0.1) is 0 Å². The highest BCUT2D eigenvalue weighted by Gasteiger charge is 2.17. The van der Waals surface area contributed by atoms with E-state index in [1.54, 1.807) is 21.0 Å². The predicted molar refractivity (Wildman–Crippen MR) is 134 cm³/mol. The van der Waals surface area contributed by atoms with Crippen molar-refractivity contribution in [3.8, 4) is 23.1 Å². The van der Waals surface area contributed by atoms with Crippen LogP contribution in [-0.4, -0.2) is 42.1 Å². The monoisotopic (exact) mass is 446 g/mol. The maximum absolute atomic E-state index is 9.82. The van der Waals surface area contributed by atoms with Crippen LogP contribution in [0.3, 0.4) is 0 Å². The largest absolute Gasteiger partial charge is 0.382 e. The van der Waals surface area contributed by atoms with Crippen molar-refractivity contribution in [1.82, 2.24) is 4.98 Å². The van der Waals surface area contributed by atoms with Crippen LogP contribution in [0.25, 0.3) is 22.2 Å². The molecule has 1 fully saturated rings. The molecule has 2 aromatic carbocycles. The zero-order valence-electron chi connectivity index (χ0n) is 19.8. The molecule has 0 spiro atoms. The Morgan fingerprint density at radius 1 is 1.09 bits per heavy atom. The number of aromatic nitrogens is 1. The molecule has 0 aliphatic heterocycles. The van der Waals surface area contributed by atoms with Gasteiger partial charge in [-0.1, -0.05) is 36.8 Å². The summed E-state index contributed by atoms with van der Waals surface area (Å²) in [5.41, 5.74) is 5.48. The van der Waals surface area contributed by atoms with E-state index in [0.29, 0.717) is 25.9 Å². The third kappa shape index (κ3) is 6.39. The number of aliphatic hydroxyl groups is 1. The van der Waals surface area contributed by atoms with Crippen LogP contribution in [0.2, 0.25) is 0 Å². The van der Waals surface area contributed by atoms with Crippen molar-refractivity contribution in [3.63, 3.8) is 0 Å². The van der Waals surface area contributed by atoms with E-state index in [1.165, 1.54) is 31.1 Å². The van der Waals surface area contributed by atoms with Gasteiger partial charge in [0.15, 0.2) is 0 Å². The number of hydrogen-bond donors (Lipinski definition) is 3. The minimum Gasteiger partial charge on any atom is -0.382 e. The Morgan fingerprint density at radius 2 is 1.85 bits per heavy atom. The van der Waals surface area contributed by atoms with Gasteiger partial charge in [0.1, 0.15) is 5.60 Å². The second-order valence-electron chi connectivity index (χ2n) is 9.35. The molecule has 1 saturated carbocycles. The van der Waals surface area contributed by atoms with Gasteiger partial charge in [0, 0.05) is 29.8 Å². The highest BCUT2D eigenvalue weighted by atomic mass is 16.5. The second-order valence-corrected chi connectivity index (χ2v) is 9.35. The van der Waals surface area contributed by atoms with Crippen molar-refractivity contribution in [1.29, 1.82) is 0 Å². The van der Waals surface area contributed by atoms with Crippen molar-refractivity contribution in [2.24, 2.45) is 0 Å². The Balaban J connectivity index is 1.61. The standard InChI is InChI=1S/C28H34N2O3/c1-28(2,31)13-12-20-8-10-22(11-9-20)25-18-23-16-21(19-33-15-14-32-3)17-26(27(23)30-25)29-24-6-4-5-7-24/h8-11,16-18,24,29-31H,4-7,14-15,19H2,1-3H3. The normalized spacial score (nSPS) is 14.4. The van der Waals surface area contributed by atoms with Gasteiger partial charge in [-0.3, -0.25) is 0 Å². The molecule has 0 atom stereocenters. The predicted octanol–water partition coefficient (Wildman–Crippen LogP) is 5.47. The highest BCUT2D eigenvalue weighted by molar-refractivity contribution is 5.95. The smallest absolute Gasteiger partial charge is 0.120 e. The van der Waals surface area contributed by atoms with Crippen LogP contribution in [0, 0.1) is 11.8 Å². The maximum Gasteiger partial charge on any atom is 0.120 e. The first-order chi connectivity index (χ1) is 15.9. The van der Waals surface area contributed by atoms with E-state index in [1.807, 2.05) is 12.1 Å². The minimum absolute atomic E-state index is 0.526. The van der Waals surface area contributed by atoms with Crippen molar-refractivity contribution in [3.05, 3.63) is 53.6 Å². The zero-order valence-corrected chi connectivity index (χ0v) is 19.8. The first-order valence-electron chi connectivity index (χ1n) is 11.8. The summed E-state index contributed by atoms with van der Waals surface area (Å²) in [5, 5.41) is 14.8. The number of fused-ring (bicyclic) bond motifs is 1. The Labute approximate surface area is 196 Å². The molecule has 0 radical (unpaired) electrons. The summed E-state index contributed by atoms with van der Waals surface area (Å²) in [6.07, 6.45) is 5.02. The van der Waals surface area contributed by atoms with E-state index in [2.05, 4.69) is 52.5 Å². The topological polar surface area (TPSA) is 66.5 Å². The number of methoxy groups -OCH3 is 1. The summed E-state index contributed by atoms with van der Waals surface area (Å²) < 4.78 is 10.9. The molecule has 3 N–H and O–H groups in total. The number of H-pyrrole nitrogens is 1. The first-order valence-corrected chi connectivity index (χ1v) is 11.8. The number of hydrogen-bond acceptors (Lipinski definition) is 4. The number of nitrogens with one attached hydrogen (secondary N) is 2. The lowest BCUT2D eigenvalue weighted by molar-refractivity contribution is 0.0617. The number of aromatic amines is 1. The Morgan fingerprint density at radius 3 is 2.55 bits per heavy atom. The molecule has 1 heterocycles. The van der Waals surface area contributed by atoms with Crippen LogP contribution in [0.1, 0.15) is 50.7 Å². The van der Waals surface area contributed by atoms with E-state index in [9.17, 15) is 5.11 Å². The molecule has 0 saturated heterocycles. The third-order valence-electron chi connectivity index (χ3n) is 5.91. The fraction of sp³-hybridized carbons (Fsp3) is 0.429. The summed E-state index contributed by atoms with van der Waals surface area (Å²) in [6.45, 7) is 5.12. The van der Waals surface area contributed by atoms with Crippen LogP contribution in [0.5, 0.6) is 0 Å². The lowest BCUT2D eigenvalue weighted by atomic mass is 10.1. The molecule has 5 nitrogen and oxygen atoms in total. The van der Waals surface area contributed by atoms with Gasteiger partial charge in [0.05, 0.1) is 31.0 Å². The molecule has 1 aliphatic carbocycles. The molecular weight excluding hydrogens is 412 g/mol. The minimum atomic E-state index is -0.996. The van der Waals surface area contributed by atoms with Crippen LogP contribution in [0.15, 0.2) is 42.5 Å². The van der Waals surface area contributed by atoms with Gasteiger partial charge < -0.3 is 24.9 Å². The number of ether oxygens (including phenoxy) is 2. The summed E-state index contributed by atoms with van der Waals surface area (Å²) in [7, 11) is 1.69. The molecule has 3 aromatic rings.